The van der Waals surface area contributed by atoms with E-state index >= 15 is 0 Å². The molecule has 0 unspecified atom stereocenters. The number of hydrogen-bond acceptors (Lipinski definition) is 3. The van der Waals surface area contributed by atoms with Crippen molar-refractivity contribution in [1.82, 2.24) is 15.2 Å². The smallest absolute Gasteiger partial charge is 0.259 e. The number of halogens is 2. The number of aryl methyl sites for hydroxylation is 2. The van der Waals surface area contributed by atoms with Crippen molar-refractivity contribution in [2.45, 2.75) is 13.8 Å². The number of aromatic amines is 1. The minimum Gasteiger partial charge on any atom is -0.319 e. The third-order valence-electron chi connectivity index (χ3n) is 2.41. The first-order valence-electron chi connectivity index (χ1n) is 5.13. The quantitative estimate of drug-likeness (QED) is 0.832. The second-order valence-corrected chi connectivity index (χ2v) is 5.03. The highest BCUT2D eigenvalue weighted by molar-refractivity contribution is 9.10. The van der Waals surface area contributed by atoms with Crippen molar-refractivity contribution in [3.05, 3.63) is 38.8 Å². The van der Waals surface area contributed by atoms with Gasteiger partial charge in [0.2, 0.25) is 0 Å². The number of nitrogens with zero attached hydrogens (tertiary/aromatic N) is 2. The lowest BCUT2D eigenvalue weighted by atomic mass is 10.2. The number of rotatable bonds is 2. The van der Waals surface area contributed by atoms with Crippen molar-refractivity contribution in [3.63, 3.8) is 0 Å². The zero-order chi connectivity index (χ0) is 13.3. The van der Waals surface area contributed by atoms with Crippen LogP contribution in [0, 0.1) is 13.8 Å². The van der Waals surface area contributed by atoms with Crippen LogP contribution in [-0.2, 0) is 0 Å². The van der Waals surface area contributed by atoms with Gasteiger partial charge in [0.05, 0.1) is 16.9 Å². The van der Waals surface area contributed by atoms with E-state index in [0.717, 1.165) is 4.47 Å². The van der Waals surface area contributed by atoms with Crippen LogP contribution in [0.4, 0.5) is 5.69 Å². The molecular formula is C11H10BrClN4O. The van der Waals surface area contributed by atoms with Gasteiger partial charge in [0.1, 0.15) is 0 Å². The summed E-state index contributed by atoms with van der Waals surface area (Å²) >= 11 is 9.18. The van der Waals surface area contributed by atoms with E-state index in [-0.39, 0.29) is 11.1 Å². The van der Waals surface area contributed by atoms with Gasteiger partial charge in [-0.3, -0.25) is 9.89 Å². The number of aromatic nitrogens is 3. The van der Waals surface area contributed by atoms with E-state index in [9.17, 15) is 4.79 Å². The Morgan fingerprint density at radius 3 is 2.83 bits per heavy atom. The molecule has 2 rings (SSSR count). The first-order chi connectivity index (χ1) is 8.49. The zero-order valence-corrected chi connectivity index (χ0v) is 12.1. The number of amides is 1. The average Bonchev–Trinajstić information content (AvgIpc) is 2.63. The van der Waals surface area contributed by atoms with E-state index in [1.807, 2.05) is 0 Å². The molecule has 2 aromatic heterocycles. The predicted octanol–water partition coefficient (Wildman–Crippen LogP) is 3.09. The second kappa shape index (κ2) is 5.07. The van der Waals surface area contributed by atoms with E-state index in [1.165, 1.54) is 0 Å². The Bertz CT molecular complexity index is 592. The van der Waals surface area contributed by atoms with Crippen LogP contribution in [0.3, 0.4) is 0 Å². The number of carbonyl (C=O) groups excluding carboxylic acids is 1. The van der Waals surface area contributed by atoms with Crippen molar-refractivity contribution in [2.75, 3.05) is 5.32 Å². The highest BCUT2D eigenvalue weighted by Crippen LogP contribution is 2.24. The Labute approximate surface area is 117 Å². The maximum atomic E-state index is 12.1. The molecule has 0 bridgehead atoms. The van der Waals surface area contributed by atoms with Crippen molar-refractivity contribution in [2.24, 2.45) is 0 Å². The van der Waals surface area contributed by atoms with Gasteiger partial charge in [0.15, 0.2) is 5.15 Å². The van der Waals surface area contributed by atoms with Crippen LogP contribution in [0.25, 0.3) is 0 Å². The van der Waals surface area contributed by atoms with Crippen molar-refractivity contribution in [3.8, 4) is 0 Å². The molecule has 5 nitrogen and oxygen atoms in total. The molecule has 0 radical (unpaired) electrons. The maximum Gasteiger partial charge on any atom is 0.259 e. The van der Waals surface area contributed by atoms with Crippen LogP contribution >= 0.6 is 27.5 Å². The topological polar surface area (TPSA) is 70.7 Å². The Morgan fingerprint density at radius 1 is 1.50 bits per heavy atom. The summed E-state index contributed by atoms with van der Waals surface area (Å²) in [5.41, 5.74) is 2.33. The van der Waals surface area contributed by atoms with Gasteiger partial charge < -0.3 is 5.32 Å². The number of H-pyrrole nitrogens is 1. The minimum atomic E-state index is -0.263. The Balaban J connectivity index is 2.30. The molecule has 94 valence electrons. The fraction of sp³-hybridized carbons (Fsp3) is 0.182. The summed E-state index contributed by atoms with van der Waals surface area (Å²) in [6, 6.07) is 1.69. The summed E-state index contributed by atoms with van der Waals surface area (Å²) in [6.45, 7) is 3.55. The standard InChI is InChI=1S/C11H10BrClN4O/c1-5-9(6(2)17-16-5)11(18)15-8-3-7(12)4-14-10(8)13/h3-4H,1-2H3,(H,15,18)(H,16,17). The largest absolute Gasteiger partial charge is 0.319 e. The lowest BCUT2D eigenvalue weighted by molar-refractivity contribution is 0.102. The van der Waals surface area contributed by atoms with E-state index in [0.29, 0.717) is 22.6 Å². The lowest BCUT2D eigenvalue weighted by Gasteiger charge is -2.07. The van der Waals surface area contributed by atoms with E-state index < -0.39 is 0 Å². The van der Waals surface area contributed by atoms with Crippen molar-refractivity contribution in [1.29, 1.82) is 0 Å². The lowest BCUT2D eigenvalue weighted by Crippen LogP contribution is -2.14. The first kappa shape index (κ1) is 13.0. The normalized spacial score (nSPS) is 10.4. The molecule has 18 heavy (non-hydrogen) atoms. The van der Waals surface area contributed by atoms with E-state index in [4.69, 9.17) is 11.6 Å². The average molecular weight is 330 g/mol. The molecule has 0 saturated carbocycles. The van der Waals surface area contributed by atoms with Crippen LogP contribution in [0.15, 0.2) is 16.7 Å². The summed E-state index contributed by atoms with van der Waals surface area (Å²) in [5.74, 6) is -0.263. The number of carbonyl (C=O) groups is 1. The van der Waals surface area contributed by atoms with Crippen molar-refractivity contribution < 1.29 is 4.79 Å². The summed E-state index contributed by atoms with van der Waals surface area (Å²) in [7, 11) is 0. The monoisotopic (exact) mass is 328 g/mol. The Kier molecular flexibility index (Phi) is 3.68. The Morgan fingerprint density at radius 2 is 2.22 bits per heavy atom. The number of nitrogens with one attached hydrogen (secondary N) is 2. The van der Waals surface area contributed by atoms with Crippen LogP contribution in [0.1, 0.15) is 21.7 Å². The molecule has 0 spiro atoms. The highest BCUT2D eigenvalue weighted by Gasteiger charge is 2.16. The number of anilines is 1. The van der Waals surface area contributed by atoms with Crippen LogP contribution in [0.5, 0.6) is 0 Å². The van der Waals surface area contributed by atoms with Gasteiger partial charge in [0.25, 0.3) is 5.91 Å². The van der Waals surface area contributed by atoms with Crippen LogP contribution in [-0.4, -0.2) is 21.1 Å². The molecule has 0 saturated heterocycles. The second-order valence-electron chi connectivity index (χ2n) is 3.76. The molecule has 0 aromatic carbocycles. The van der Waals surface area contributed by atoms with Gasteiger partial charge in [-0.15, -0.1) is 0 Å². The number of hydrogen-bond donors (Lipinski definition) is 2. The van der Waals surface area contributed by atoms with Gasteiger partial charge in [0, 0.05) is 16.4 Å². The van der Waals surface area contributed by atoms with Gasteiger partial charge in [-0.2, -0.15) is 5.10 Å². The molecule has 0 aliphatic rings. The molecule has 0 aliphatic carbocycles. The highest BCUT2D eigenvalue weighted by atomic mass is 79.9. The predicted molar refractivity (Wildman–Crippen MR) is 73.0 cm³/mol. The molecular weight excluding hydrogens is 320 g/mol. The fourth-order valence-corrected chi connectivity index (χ4v) is 2.06. The maximum absolute atomic E-state index is 12.1. The van der Waals surface area contributed by atoms with Crippen LogP contribution in [0.2, 0.25) is 5.15 Å². The molecule has 2 N–H and O–H groups in total. The molecule has 0 fully saturated rings. The summed E-state index contributed by atoms with van der Waals surface area (Å²) in [4.78, 5) is 16.0. The molecule has 2 heterocycles. The summed E-state index contributed by atoms with van der Waals surface area (Å²) in [5, 5.41) is 9.69. The van der Waals surface area contributed by atoms with Gasteiger partial charge >= 0.3 is 0 Å². The third-order valence-corrected chi connectivity index (χ3v) is 3.14. The Hall–Kier alpha value is -1.40. The first-order valence-corrected chi connectivity index (χ1v) is 6.30. The molecule has 0 aliphatic heterocycles. The minimum absolute atomic E-state index is 0.241. The van der Waals surface area contributed by atoms with Crippen LogP contribution < -0.4 is 5.32 Å². The fourth-order valence-electron chi connectivity index (χ4n) is 1.58. The van der Waals surface area contributed by atoms with E-state index in [2.05, 4.69) is 36.4 Å². The summed E-state index contributed by atoms with van der Waals surface area (Å²) in [6.07, 6.45) is 1.56. The van der Waals surface area contributed by atoms with E-state index in [1.54, 1.807) is 26.1 Å². The molecule has 7 heteroatoms. The van der Waals surface area contributed by atoms with Crippen molar-refractivity contribution >= 4 is 39.1 Å². The third kappa shape index (κ3) is 2.54. The van der Waals surface area contributed by atoms with Gasteiger partial charge in [-0.05, 0) is 35.8 Å². The molecule has 2 aromatic rings. The zero-order valence-electron chi connectivity index (χ0n) is 9.71. The van der Waals surface area contributed by atoms with Gasteiger partial charge in [-0.1, -0.05) is 11.6 Å². The van der Waals surface area contributed by atoms with Gasteiger partial charge in [-0.25, -0.2) is 4.98 Å². The number of pyridine rings is 1. The summed E-state index contributed by atoms with van der Waals surface area (Å²) < 4.78 is 0.739. The molecule has 1 amide bonds. The molecule has 0 atom stereocenters. The SMILES string of the molecule is Cc1n[nH]c(C)c1C(=O)Nc1cc(Br)cnc1Cl.